The van der Waals surface area contributed by atoms with Crippen molar-refractivity contribution in [1.82, 2.24) is 0 Å². The lowest BCUT2D eigenvalue weighted by Gasteiger charge is -2.14. The molecule has 0 amide bonds. The van der Waals surface area contributed by atoms with Crippen molar-refractivity contribution in [1.29, 1.82) is 0 Å². The summed E-state index contributed by atoms with van der Waals surface area (Å²) in [5.74, 6) is 1.34. The van der Waals surface area contributed by atoms with E-state index in [9.17, 15) is 4.39 Å². The number of ether oxygens (including phenoxy) is 1. The number of hydrogen-bond acceptors (Lipinski definition) is 2. The van der Waals surface area contributed by atoms with Crippen molar-refractivity contribution < 1.29 is 13.5 Å². The lowest BCUT2D eigenvalue weighted by atomic mass is 9.99. The van der Waals surface area contributed by atoms with Gasteiger partial charge in [-0.25, -0.2) is 4.39 Å². The van der Waals surface area contributed by atoms with Crippen LogP contribution in [-0.2, 0) is 13.0 Å². The Balaban J connectivity index is 1.87. The van der Waals surface area contributed by atoms with E-state index in [0.717, 1.165) is 40.9 Å². The van der Waals surface area contributed by atoms with Gasteiger partial charge in [-0.3, -0.25) is 0 Å². The van der Waals surface area contributed by atoms with E-state index in [1.54, 1.807) is 0 Å². The van der Waals surface area contributed by atoms with Gasteiger partial charge >= 0.3 is 0 Å². The fourth-order valence-corrected chi connectivity index (χ4v) is 3.13. The summed E-state index contributed by atoms with van der Waals surface area (Å²) in [6.45, 7) is 8.53. The Bertz CT molecular complexity index is 877. The summed E-state index contributed by atoms with van der Waals surface area (Å²) in [6, 6.07) is 8.95. The fraction of sp³-hybridized carbons (Fsp3) is 0.333. The molecule has 1 heterocycles. The molecule has 3 heteroatoms. The minimum Gasteiger partial charge on any atom is -0.488 e. The molecule has 0 unspecified atom stereocenters. The van der Waals surface area contributed by atoms with Crippen LogP contribution < -0.4 is 4.74 Å². The van der Waals surface area contributed by atoms with Gasteiger partial charge in [0, 0.05) is 10.9 Å². The minimum atomic E-state index is -0.270. The largest absolute Gasteiger partial charge is 0.488 e. The standard InChI is InChI=1S/C21H23FO2/c1-5-6-16-7-8-20(15(4)14(16)3)23-12-18-11-19(22)10-17-9-13(2)24-21(17)18/h7-11H,5-6,12H2,1-4H3. The first-order valence-electron chi connectivity index (χ1n) is 8.40. The summed E-state index contributed by atoms with van der Waals surface area (Å²) in [5.41, 5.74) is 5.20. The first-order valence-corrected chi connectivity index (χ1v) is 8.40. The molecule has 0 N–H and O–H groups in total. The second-order valence-corrected chi connectivity index (χ2v) is 6.35. The molecular formula is C21H23FO2. The lowest BCUT2D eigenvalue weighted by Crippen LogP contribution is -2.01. The third-order valence-corrected chi connectivity index (χ3v) is 4.53. The van der Waals surface area contributed by atoms with E-state index in [-0.39, 0.29) is 12.4 Å². The first kappa shape index (κ1) is 16.6. The highest BCUT2D eigenvalue weighted by Gasteiger charge is 2.12. The maximum absolute atomic E-state index is 13.8. The molecule has 3 rings (SSSR count). The average molecular weight is 326 g/mol. The molecule has 0 atom stereocenters. The van der Waals surface area contributed by atoms with Crippen LogP contribution >= 0.6 is 0 Å². The van der Waals surface area contributed by atoms with Crippen molar-refractivity contribution in [3.63, 3.8) is 0 Å². The smallest absolute Gasteiger partial charge is 0.141 e. The van der Waals surface area contributed by atoms with Crippen molar-refractivity contribution in [2.75, 3.05) is 0 Å². The highest BCUT2D eigenvalue weighted by atomic mass is 19.1. The molecular weight excluding hydrogens is 303 g/mol. The summed E-state index contributed by atoms with van der Waals surface area (Å²) in [4.78, 5) is 0. The molecule has 0 aliphatic heterocycles. The Morgan fingerprint density at radius 1 is 1.00 bits per heavy atom. The fourth-order valence-electron chi connectivity index (χ4n) is 3.13. The molecule has 0 fully saturated rings. The summed E-state index contributed by atoms with van der Waals surface area (Å²) in [5, 5.41) is 0.775. The molecule has 0 aliphatic rings. The SMILES string of the molecule is CCCc1ccc(OCc2cc(F)cc3cc(C)oc23)c(C)c1C. The maximum atomic E-state index is 13.8. The monoisotopic (exact) mass is 326 g/mol. The molecule has 24 heavy (non-hydrogen) atoms. The lowest BCUT2D eigenvalue weighted by molar-refractivity contribution is 0.302. The third kappa shape index (κ3) is 3.16. The van der Waals surface area contributed by atoms with Crippen molar-refractivity contribution in [2.24, 2.45) is 0 Å². The van der Waals surface area contributed by atoms with Crippen molar-refractivity contribution >= 4 is 11.0 Å². The van der Waals surface area contributed by atoms with E-state index >= 15 is 0 Å². The van der Waals surface area contributed by atoms with Gasteiger partial charge in [0.1, 0.15) is 29.5 Å². The molecule has 2 aromatic carbocycles. The molecule has 0 radical (unpaired) electrons. The molecule has 126 valence electrons. The van der Waals surface area contributed by atoms with E-state index in [0.29, 0.717) is 5.58 Å². The molecule has 0 saturated carbocycles. The Kier molecular flexibility index (Phi) is 4.61. The van der Waals surface area contributed by atoms with Crippen LogP contribution in [0.1, 0.15) is 41.4 Å². The average Bonchev–Trinajstić information content (AvgIpc) is 2.91. The van der Waals surface area contributed by atoms with Crippen molar-refractivity contribution in [3.05, 3.63) is 64.2 Å². The highest BCUT2D eigenvalue weighted by Crippen LogP contribution is 2.28. The third-order valence-electron chi connectivity index (χ3n) is 4.53. The quantitative estimate of drug-likeness (QED) is 0.571. The predicted octanol–water partition coefficient (Wildman–Crippen LogP) is 6.03. The summed E-state index contributed by atoms with van der Waals surface area (Å²) >= 11 is 0. The van der Waals surface area contributed by atoms with Crippen LogP contribution in [-0.4, -0.2) is 0 Å². The van der Waals surface area contributed by atoms with E-state index in [4.69, 9.17) is 9.15 Å². The van der Waals surface area contributed by atoms with Crippen LogP contribution in [0.3, 0.4) is 0 Å². The zero-order valence-electron chi connectivity index (χ0n) is 14.7. The molecule has 2 nitrogen and oxygen atoms in total. The van der Waals surface area contributed by atoms with Gasteiger partial charge in [-0.15, -0.1) is 0 Å². The van der Waals surface area contributed by atoms with Gasteiger partial charge in [0.15, 0.2) is 0 Å². The van der Waals surface area contributed by atoms with E-state index < -0.39 is 0 Å². The number of hydrogen-bond donors (Lipinski definition) is 0. The van der Waals surface area contributed by atoms with Crippen LogP contribution in [0.4, 0.5) is 4.39 Å². The molecule has 0 spiro atoms. The minimum absolute atomic E-state index is 0.270. The summed E-state index contributed by atoms with van der Waals surface area (Å²) in [6.07, 6.45) is 2.20. The summed E-state index contributed by atoms with van der Waals surface area (Å²) < 4.78 is 25.5. The number of aryl methyl sites for hydroxylation is 2. The number of rotatable bonds is 5. The molecule has 3 aromatic rings. The Labute approximate surface area is 142 Å². The number of halogens is 1. The van der Waals surface area contributed by atoms with Gasteiger partial charge in [0.25, 0.3) is 0 Å². The molecule has 1 aromatic heterocycles. The maximum Gasteiger partial charge on any atom is 0.141 e. The van der Waals surface area contributed by atoms with Crippen LogP contribution in [0.2, 0.25) is 0 Å². The van der Waals surface area contributed by atoms with E-state index in [2.05, 4.69) is 26.8 Å². The predicted molar refractivity (Wildman–Crippen MR) is 95.2 cm³/mol. The van der Waals surface area contributed by atoms with Crippen LogP contribution in [0.15, 0.2) is 34.7 Å². The number of benzene rings is 2. The van der Waals surface area contributed by atoms with Gasteiger partial charge < -0.3 is 9.15 Å². The van der Waals surface area contributed by atoms with Gasteiger partial charge in [-0.1, -0.05) is 19.4 Å². The summed E-state index contributed by atoms with van der Waals surface area (Å²) in [7, 11) is 0. The van der Waals surface area contributed by atoms with Crippen LogP contribution in [0, 0.1) is 26.6 Å². The Morgan fingerprint density at radius 2 is 1.79 bits per heavy atom. The van der Waals surface area contributed by atoms with E-state index in [1.165, 1.54) is 23.3 Å². The first-order chi connectivity index (χ1) is 11.5. The van der Waals surface area contributed by atoms with Crippen LogP contribution in [0.25, 0.3) is 11.0 Å². The van der Waals surface area contributed by atoms with Gasteiger partial charge in [0.05, 0.1) is 0 Å². The van der Waals surface area contributed by atoms with Crippen molar-refractivity contribution in [2.45, 2.75) is 47.1 Å². The van der Waals surface area contributed by atoms with Gasteiger partial charge in [-0.2, -0.15) is 0 Å². The molecule has 0 aliphatic carbocycles. The number of furan rings is 1. The Hall–Kier alpha value is -2.29. The zero-order chi connectivity index (χ0) is 17.3. The Morgan fingerprint density at radius 3 is 2.54 bits per heavy atom. The highest BCUT2D eigenvalue weighted by molar-refractivity contribution is 5.81. The zero-order valence-corrected chi connectivity index (χ0v) is 14.7. The van der Waals surface area contributed by atoms with Gasteiger partial charge in [0.2, 0.25) is 0 Å². The van der Waals surface area contributed by atoms with E-state index in [1.807, 2.05) is 19.1 Å². The molecule has 0 bridgehead atoms. The van der Waals surface area contributed by atoms with Crippen molar-refractivity contribution in [3.8, 4) is 5.75 Å². The molecule has 0 saturated heterocycles. The number of fused-ring (bicyclic) bond motifs is 1. The normalized spacial score (nSPS) is 11.2. The van der Waals surface area contributed by atoms with Crippen LogP contribution in [0.5, 0.6) is 5.75 Å². The second kappa shape index (κ2) is 6.68. The topological polar surface area (TPSA) is 22.4 Å². The second-order valence-electron chi connectivity index (χ2n) is 6.35. The van der Waals surface area contributed by atoms with Gasteiger partial charge in [-0.05, 0) is 68.1 Å².